The van der Waals surface area contributed by atoms with Crippen LogP contribution in [0, 0.1) is 0 Å². The standard InChI is InChI=1S/C22H29N3O3/c1-22(2,3)24-20(26)19(16-9-7-13-23-15-16)25(17-10-5-4-6-11-17)21(27)18-12-8-14-28-18/h7-9,12-15,17,19H,4-6,10-11H2,1-3H3,(H,24,26). The van der Waals surface area contributed by atoms with E-state index in [0.717, 1.165) is 32.1 Å². The van der Waals surface area contributed by atoms with Gasteiger partial charge < -0.3 is 14.6 Å². The zero-order valence-corrected chi connectivity index (χ0v) is 16.9. The molecular formula is C22H29N3O3. The van der Waals surface area contributed by atoms with Crippen molar-refractivity contribution in [3.8, 4) is 0 Å². The zero-order valence-electron chi connectivity index (χ0n) is 16.9. The smallest absolute Gasteiger partial charge is 0.290 e. The minimum absolute atomic E-state index is 0.0118. The Balaban J connectivity index is 2.04. The average molecular weight is 383 g/mol. The van der Waals surface area contributed by atoms with Crippen LogP contribution in [0.3, 0.4) is 0 Å². The molecule has 150 valence electrons. The van der Waals surface area contributed by atoms with Gasteiger partial charge in [0.2, 0.25) is 5.91 Å². The number of carbonyl (C=O) groups is 2. The van der Waals surface area contributed by atoms with Crippen LogP contribution in [0.2, 0.25) is 0 Å². The fourth-order valence-electron chi connectivity index (χ4n) is 3.79. The molecule has 0 aliphatic heterocycles. The van der Waals surface area contributed by atoms with Crippen molar-refractivity contribution in [3.05, 3.63) is 54.2 Å². The molecule has 6 heteroatoms. The summed E-state index contributed by atoms with van der Waals surface area (Å²) in [6.07, 6.45) is 9.84. The van der Waals surface area contributed by atoms with E-state index in [0.29, 0.717) is 5.56 Å². The summed E-state index contributed by atoms with van der Waals surface area (Å²) in [5, 5.41) is 3.05. The maximum absolute atomic E-state index is 13.4. The van der Waals surface area contributed by atoms with E-state index in [1.54, 1.807) is 35.5 Å². The Kier molecular flexibility index (Phi) is 6.17. The lowest BCUT2D eigenvalue weighted by atomic mass is 9.91. The molecule has 0 saturated heterocycles. The molecule has 0 radical (unpaired) electrons. The first-order valence-electron chi connectivity index (χ1n) is 9.95. The van der Waals surface area contributed by atoms with E-state index in [9.17, 15) is 9.59 Å². The number of nitrogens with one attached hydrogen (secondary N) is 1. The Labute approximate surface area is 166 Å². The molecule has 0 bridgehead atoms. The molecule has 1 fully saturated rings. The molecular weight excluding hydrogens is 354 g/mol. The third-order valence-electron chi connectivity index (χ3n) is 4.96. The molecule has 1 aliphatic carbocycles. The van der Waals surface area contributed by atoms with E-state index in [1.165, 1.54) is 6.26 Å². The Bertz CT molecular complexity index is 775. The quantitative estimate of drug-likeness (QED) is 0.843. The number of hydrogen-bond donors (Lipinski definition) is 1. The summed E-state index contributed by atoms with van der Waals surface area (Å²) in [4.78, 5) is 32.7. The predicted molar refractivity (Wildman–Crippen MR) is 107 cm³/mol. The van der Waals surface area contributed by atoms with E-state index in [1.807, 2.05) is 26.8 Å². The van der Waals surface area contributed by atoms with Gasteiger partial charge in [0.1, 0.15) is 6.04 Å². The largest absolute Gasteiger partial charge is 0.459 e. The molecule has 2 aromatic heterocycles. The number of pyridine rings is 1. The second-order valence-electron chi connectivity index (χ2n) is 8.41. The molecule has 6 nitrogen and oxygen atoms in total. The van der Waals surface area contributed by atoms with Crippen molar-refractivity contribution in [1.29, 1.82) is 0 Å². The minimum Gasteiger partial charge on any atom is -0.459 e. The van der Waals surface area contributed by atoms with Gasteiger partial charge in [-0.05, 0) is 51.8 Å². The van der Waals surface area contributed by atoms with Crippen LogP contribution in [-0.4, -0.2) is 33.3 Å². The summed E-state index contributed by atoms with van der Waals surface area (Å²) in [7, 11) is 0. The van der Waals surface area contributed by atoms with Crippen molar-refractivity contribution < 1.29 is 14.0 Å². The monoisotopic (exact) mass is 383 g/mol. The average Bonchev–Trinajstić information content (AvgIpc) is 3.20. The van der Waals surface area contributed by atoms with Gasteiger partial charge in [0.05, 0.1) is 6.26 Å². The van der Waals surface area contributed by atoms with Crippen LogP contribution >= 0.6 is 0 Å². The molecule has 2 aromatic rings. The molecule has 1 unspecified atom stereocenters. The normalized spacial score (nSPS) is 16.4. The van der Waals surface area contributed by atoms with Crippen LogP contribution in [0.15, 0.2) is 47.3 Å². The first-order chi connectivity index (χ1) is 13.4. The number of nitrogens with zero attached hydrogens (tertiary/aromatic N) is 2. The van der Waals surface area contributed by atoms with Crippen molar-refractivity contribution in [1.82, 2.24) is 15.2 Å². The molecule has 3 rings (SSSR count). The van der Waals surface area contributed by atoms with E-state index in [-0.39, 0.29) is 23.6 Å². The highest BCUT2D eigenvalue weighted by molar-refractivity contribution is 5.96. The lowest BCUT2D eigenvalue weighted by molar-refractivity contribution is -0.128. The number of rotatable bonds is 5. The third kappa shape index (κ3) is 4.80. The molecule has 28 heavy (non-hydrogen) atoms. The fraction of sp³-hybridized carbons (Fsp3) is 0.500. The summed E-state index contributed by atoms with van der Waals surface area (Å²) < 4.78 is 5.40. The van der Waals surface area contributed by atoms with E-state index in [2.05, 4.69) is 10.3 Å². The van der Waals surface area contributed by atoms with Gasteiger partial charge in [-0.1, -0.05) is 25.3 Å². The lowest BCUT2D eigenvalue weighted by Gasteiger charge is -2.40. The SMILES string of the molecule is CC(C)(C)NC(=O)C(c1cccnc1)N(C(=O)c1ccco1)C1CCCCC1. The van der Waals surface area contributed by atoms with Crippen LogP contribution in [0.1, 0.15) is 75.0 Å². The molecule has 2 heterocycles. The maximum Gasteiger partial charge on any atom is 0.290 e. The molecule has 1 N–H and O–H groups in total. The third-order valence-corrected chi connectivity index (χ3v) is 4.96. The first kappa shape index (κ1) is 20.1. The maximum atomic E-state index is 13.4. The van der Waals surface area contributed by atoms with Gasteiger partial charge in [-0.15, -0.1) is 0 Å². The van der Waals surface area contributed by atoms with Crippen LogP contribution < -0.4 is 5.32 Å². The van der Waals surface area contributed by atoms with Crippen molar-refractivity contribution in [2.24, 2.45) is 0 Å². The van der Waals surface area contributed by atoms with Crippen LogP contribution in [0.25, 0.3) is 0 Å². The number of carbonyl (C=O) groups excluding carboxylic acids is 2. The molecule has 0 aromatic carbocycles. The van der Waals surface area contributed by atoms with Crippen LogP contribution in [0.5, 0.6) is 0 Å². The Hall–Kier alpha value is -2.63. The molecule has 0 spiro atoms. The Morgan fingerprint density at radius 1 is 1.18 bits per heavy atom. The van der Waals surface area contributed by atoms with Gasteiger partial charge in [-0.25, -0.2) is 0 Å². The summed E-state index contributed by atoms with van der Waals surface area (Å²) in [6.45, 7) is 5.81. The van der Waals surface area contributed by atoms with Crippen molar-refractivity contribution in [3.63, 3.8) is 0 Å². The lowest BCUT2D eigenvalue weighted by Crippen LogP contribution is -2.52. The highest BCUT2D eigenvalue weighted by Crippen LogP contribution is 2.32. The Morgan fingerprint density at radius 2 is 1.93 bits per heavy atom. The minimum atomic E-state index is -0.756. The molecule has 1 saturated carbocycles. The van der Waals surface area contributed by atoms with Gasteiger partial charge in [0, 0.05) is 29.5 Å². The summed E-state index contributed by atoms with van der Waals surface area (Å²) in [6, 6.07) is 6.23. The predicted octanol–water partition coefficient (Wildman–Crippen LogP) is 4.11. The van der Waals surface area contributed by atoms with E-state index in [4.69, 9.17) is 4.42 Å². The fourth-order valence-corrected chi connectivity index (χ4v) is 3.79. The van der Waals surface area contributed by atoms with Crippen molar-refractivity contribution in [2.45, 2.75) is 70.5 Å². The molecule has 1 atom stereocenters. The second kappa shape index (κ2) is 8.59. The van der Waals surface area contributed by atoms with Crippen molar-refractivity contribution in [2.75, 3.05) is 0 Å². The van der Waals surface area contributed by atoms with Crippen molar-refractivity contribution >= 4 is 11.8 Å². The first-order valence-corrected chi connectivity index (χ1v) is 9.95. The number of hydrogen-bond acceptors (Lipinski definition) is 4. The second-order valence-corrected chi connectivity index (χ2v) is 8.41. The van der Waals surface area contributed by atoms with Gasteiger partial charge in [0.25, 0.3) is 5.91 Å². The highest BCUT2D eigenvalue weighted by Gasteiger charge is 2.39. The van der Waals surface area contributed by atoms with Crippen LogP contribution in [0.4, 0.5) is 0 Å². The highest BCUT2D eigenvalue weighted by atomic mass is 16.3. The Morgan fingerprint density at radius 3 is 2.50 bits per heavy atom. The zero-order chi connectivity index (χ0) is 20.1. The topological polar surface area (TPSA) is 75.4 Å². The van der Waals surface area contributed by atoms with Gasteiger partial charge >= 0.3 is 0 Å². The van der Waals surface area contributed by atoms with Gasteiger partial charge in [-0.2, -0.15) is 0 Å². The number of furan rings is 1. The van der Waals surface area contributed by atoms with E-state index < -0.39 is 11.6 Å². The molecule has 2 amide bonds. The summed E-state index contributed by atoms with van der Waals surface area (Å²) in [5.74, 6) is -0.205. The summed E-state index contributed by atoms with van der Waals surface area (Å²) in [5.41, 5.74) is 0.290. The van der Waals surface area contributed by atoms with E-state index >= 15 is 0 Å². The van der Waals surface area contributed by atoms with Gasteiger partial charge in [0.15, 0.2) is 5.76 Å². The molecule has 1 aliphatic rings. The number of amides is 2. The van der Waals surface area contributed by atoms with Crippen LogP contribution in [-0.2, 0) is 4.79 Å². The van der Waals surface area contributed by atoms with Gasteiger partial charge in [-0.3, -0.25) is 14.6 Å². The number of aromatic nitrogens is 1. The summed E-state index contributed by atoms with van der Waals surface area (Å²) >= 11 is 0.